The number of hydrogen-bond donors (Lipinski definition) is 0. The molecule has 6 aromatic carbocycles. The summed E-state index contributed by atoms with van der Waals surface area (Å²) in [4.78, 5) is 15.7. The Morgan fingerprint density at radius 3 is 0.952 bits per heavy atom. The van der Waals surface area contributed by atoms with Gasteiger partial charge < -0.3 is 9.80 Å². The van der Waals surface area contributed by atoms with Gasteiger partial charge in [0.2, 0.25) is 0 Å². The lowest BCUT2D eigenvalue weighted by Crippen LogP contribution is -2.10. The molecule has 0 saturated heterocycles. The van der Waals surface area contributed by atoms with Gasteiger partial charge in [0.05, 0.1) is 0 Å². The third-order valence-electron chi connectivity index (χ3n) is 7.42. The second-order valence-electron chi connectivity index (χ2n) is 10.2. The number of benzene rings is 6. The molecule has 6 rings (SSSR count). The Hall–Kier alpha value is -5.41. The van der Waals surface area contributed by atoms with Gasteiger partial charge >= 0.3 is 0 Å². The maximum atomic E-state index is 11.2. The van der Waals surface area contributed by atoms with E-state index in [-0.39, 0.29) is 0 Å². The molecule has 0 atom stereocenters. The number of carbonyl (C=O) groups is 1. The highest BCUT2D eigenvalue weighted by molar-refractivity contribution is 5.80. The normalized spacial score (nSPS) is 10.7. The van der Waals surface area contributed by atoms with Gasteiger partial charge in [-0.2, -0.15) is 0 Å². The van der Waals surface area contributed by atoms with Crippen molar-refractivity contribution in [3.8, 4) is 0 Å². The minimum atomic E-state index is 0.669. The van der Waals surface area contributed by atoms with E-state index in [1.165, 1.54) is 11.1 Å². The van der Waals surface area contributed by atoms with Crippen LogP contribution in [-0.2, 0) is 12.8 Å². The van der Waals surface area contributed by atoms with Crippen molar-refractivity contribution < 1.29 is 4.79 Å². The Balaban J connectivity index is 1.18. The summed E-state index contributed by atoms with van der Waals surface area (Å²) in [7, 11) is 0. The first-order valence-corrected chi connectivity index (χ1v) is 14.3. The second kappa shape index (κ2) is 12.8. The SMILES string of the molecule is O=Cc1ccc(N(c2ccccc2)c2ccc(CCc3ccc(N(c4ccccc4)c4ccccc4)cc3)cc2)cc1. The van der Waals surface area contributed by atoms with Gasteiger partial charge in [0.25, 0.3) is 0 Å². The van der Waals surface area contributed by atoms with E-state index in [1.807, 2.05) is 54.6 Å². The van der Waals surface area contributed by atoms with Crippen LogP contribution in [0, 0.1) is 0 Å². The molecule has 0 amide bonds. The van der Waals surface area contributed by atoms with Crippen molar-refractivity contribution in [2.45, 2.75) is 12.8 Å². The van der Waals surface area contributed by atoms with E-state index < -0.39 is 0 Å². The fourth-order valence-electron chi connectivity index (χ4n) is 5.24. The van der Waals surface area contributed by atoms with Gasteiger partial charge in [0.15, 0.2) is 0 Å². The van der Waals surface area contributed by atoms with Crippen molar-refractivity contribution in [2.75, 3.05) is 9.80 Å². The van der Waals surface area contributed by atoms with Crippen molar-refractivity contribution in [1.29, 1.82) is 0 Å². The van der Waals surface area contributed by atoms with Crippen LogP contribution in [0.2, 0.25) is 0 Å². The fourth-order valence-corrected chi connectivity index (χ4v) is 5.24. The molecule has 0 bridgehead atoms. The summed E-state index contributed by atoms with van der Waals surface area (Å²) in [6.45, 7) is 0. The first-order valence-electron chi connectivity index (χ1n) is 14.3. The van der Waals surface area contributed by atoms with Crippen LogP contribution in [0.3, 0.4) is 0 Å². The van der Waals surface area contributed by atoms with Gasteiger partial charge in [-0.25, -0.2) is 0 Å². The highest BCUT2D eigenvalue weighted by atomic mass is 16.1. The highest BCUT2D eigenvalue weighted by Crippen LogP contribution is 2.36. The van der Waals surface area contributed by atoms with Crippen molar-refractivity contribution in [1.82, 2.24) is 0 Å². The van der Waals surface area contributed by atoms with Crippen molar-refractivity contribution in [2.24, 2.45) is 0 Å². The van der Waals surface area contributed by atoms with E-state index in [2.05, 4.69) is 119 Å². The fraction of sp³-hybridized carbons (Fsp3) is 0.0513. The quantitative estimate of drug-likeness (QED) is 0.160. The molecule has 0 saturated carbocycles. The molecule has 0 aromatic heterocycles. The summed E-state index contributed by atoms with van der Waals surface area (Å²) in [6.07, 6.45) is 2.80. The molecule has 0 unspecified atom stereocenters. The average molecular weight is 545 g/mol. The summed E-state index contributed by atoms with van der Waals surface area (Å²) >= 11 is 0. The number of anilines is 6. The zero-order chi connectivity index (χ0) is 28.6. The third kappa shape index (κ3) is 6.16. The second-order valence-corrected chi connectivity index (χ2v) is 10.2. The number of aldehydes is 1. The first kappa shape index (κ1) is 26.8. The molecular weight excluding hydrogens is 512 g/mol. The van der Waals surface area contributed by atoms with Crippen LogP contribution in [0.1, 0.15) is 21.5 Å². The van der Waals surface area contributed by atoms with Crippen molar-refractivity contribution in [3.05, 3.63) is 180 Å². The molecule has 204 valence electrons. The predicted octanol–water partition coefficient (Wildman–Crippen LogP) is 10.2. The smallest absolute Gasteiger partial charge is 0.150 e. The van der Waals surface area contributed by atoms with E-state index in [0.29, 0.717) is 5.56 Å². The van der Waals surface area contributed by atoms with E-state index in [9.17, 15) is 4.79 Å². The molecule has 0 aliphatic heterocycles. The van der Waals surface area contributed by atoms with Gasteiger partial charge in [-0.05, 0) is 109 Å². The lowest BCUT2D eigenvalue weighted by Gasteiger charge is -2.26. The number of aryl methyl sites for hydroxylation is 2. The Morgan fingerprint density at radius 1 is 0.357 bits per heavy atom. The summed E-state index contributed by atoms with van der Waals surface area (Å²) < 4.78 is 0. The zero-order valence-corrected chi connectivity index (χ0v) is 23.4. The molecule has 0 aliphatic rings. The van der Waals surface area contributed by atoms with Crippen LogP contribution in [-0.4, -0.2) is 6.29 Å². The Morgan fingerprint density at radius 2 is 0.643 bits per heavy atom. The highest BCUT2D eigenvalue weighted by Gasteiger charge is 2.13. The molecule has 0 radical (unpaired) electrons. The molecule has 42 heavy (non-hydrogen) atoms. The molecular formula is C39H32N2O. The largest absolute Gasteiger partial charge is 0.311 e. The zero-order valence-electron chi connectivity index (χ0n) is 23.4. The Labute approximate surface area is 247 Å². The maximum Gasteiger partial charge on any atom is 0.150 e. The Kier molecular flexibility index (Phi) is 8.19. The van der Waals surface area contributed by atoms with Gasteiger partial charge in [-0.1, -0.05) is 78.9 Å². The van der Waals surface area contributed by atoms with Crippen LogP contribution in [0.15, 0.2) is 164 Å². The number of para-hydroxylation sites is 3. The number of carbonyl (C=O) groups excluding carboxylic acids is 1. The Bertz CT molecular complexity index is 1660. The standard InChI is InChI=1S/C39H32N2O/c42-30-33-22-28-39(29-23-33)41(36-14-8-3-9-15-36)38-26-20-32(21-27-38)17-16-31-18-24-37(25-19-31)40(34-10-4-1-5-11-34)35-12-6-2-7-13-35/h1-15,18-30H,16-17H2. The van der Waals surface area contributed by atoms with Crippen LogP contribution in [0.4, 0.5) is 34.1 Å². The third-order valence-corrected chi connectivity index (χ3v) is 7.42. The van der Waals surface area contributed by atoms with Gasteiger partial charge in [0, 0.05) is 39.7 Å². The summed E-state index contributed by atoms with van der Waals surface area (Å²) in [5, 5.41) is 0. The van der Waals surface area contributed by atoms with Crippen molar-refractivity contribution in [3.63, 3.8) is 0 Å². The van der Waals surface area contributed by atoms with Crippen molar-refractivity contribution >= 4 is 40.4 Å². The molecule has 3 nitrogen and oxygen atoms in total. The minimum absolute atomic E-state index is 0.669. The van der Waals surface area contributed by atoms with Crippen LogP contribution in [0.5, 0.6) is 0 Å². The predicted molar refractivity (Wildman–Crippen MR) is 175 cm³/mol. The first-order chi connectivity index (χ1) is 20.8. The average Bonchev–Trinajstić information content (AvgIpc) is 3.07. The summed E-state index contributed by atoms with van der Waals surface area (Å²) in [5.74, 6) is 0. The molecule has 0 spiro atoms. The summed E-state index contributed by atoms with van der Waals surface area (Å²) in [6, 6.07) is 56.7. The molecule has 0 N–H and O–H groups in total. The number of rotatable bonds is 10. The van der Waals surface area contributed by atoms with E-state index in [1.54, 1.807) is 0 Å². The van der Waals surface area contributed by atoms with E-state index in [0.717, 1.165) is 53.3 Å². The van der Waals surface area contributed by atoms with Crippen LogP contribution < -0.4 is 9.80 Å². The van der Waals surface area contributed by atoms with E-state index in [4.69, 9.17) is 0 Å². The number of hydrogen-bond acceptors (Lipinski definition) is 3. The van der Waals surface area contributed by atoms with E-state index >= 15 is 0 Å². The lowest BCUT2D eigenvalue weighted by molar-refractivity contribution is 0.112. The number of nitrogens with zero attached hydrogens (tertiary/aromatic N) is 2. The monoisotopic (exact) mass is 544 g/mol. The maximum absolute atomic E-state index is 11.2. The van der Waals surface area contributed by atoms with Crippen LogP contribution >= 0.6 is 0 Å². The molecule has 0 fully saturated rings. The van der Waals surface area contributed by atoms with Gasteiger partial charge in [-0.15, -0.1) is 0 Å². The van der Waals surface area contributed by atoms with Crippen LogP contribution in [0.25, 0.3) is 0 Å². The molecule has 3 heteroatoms. The topological polar surface area (TPSA) is 23.6 Å². The molecule has 0 aliphatic carbocycles. The summed E-state index contributed by atoms with van der Waals surface area (Å²) in [5.41, 5.74) is 9.86. The lowest BCUT2D eigenvalue weighted by atomic mass is 10.0. The molecule has 0 heterocycles. The van der Waals surface area contributed by atoms with Gasteiger partial charge in [-0.3, -0.25) is 4.79 Å². The van der Waals surface area contributed by atoms with Gasteiger partial charge in [0.1, 0.15) is 6.29 Å². The minimum Gasteiger partial charge on any atom is -0.311 e. The molecule has 6 aromatic rings.